The van der Waals surface area contributed by atoms with Gasteiger partial charge in [-0.05, 0) is 42.7 Å². The van der Waals surface area contributed by atoms with Crippen molar-refractivity contribution in [3.63, 3.8) is 0 Å². The Morgan fingerprint density at radius 3 is 2.06 bits per heavy atom. The molecule has 18 heavy (non-hydrogen) atoms. The minimum Gasteiger partial charge on any atom is -0.457 e. The van der Waals surface area contributed by atoms with E-state index in [9.17, 15) is 4.79 Å². The summed E-state index contributed by atoms with van der Waals surface area (Å²) in [5.41, 5.74) is 0.892. The number of para-hydroxylation sites is 1. The molecule has 1 aliphatic rings. The molecule has 0 aromatic heterocycles. The van der Waals surface area contributed by atoms with Crippen LogP contribution in [0, 0.1) is 0 Å². The second-order valence-electron chi connectivity index (χ2n) is 4.71. The van der Waals surface area contributed by atoms with Crippen LogP contribution in [0.1, 0.15) is 18.4 Å². The molecule has 0 atom stereocenters. The first kappa shape index (κ1) is 11.0. The van der Waals surface area contributed by atoms with E-state index in [1.165, 1.54) is 0 Å². The normalized spacial score (nSPS) is 16.0. The Morgan fingerprint density at radius 1 is 0.889 bits per heavy atom. The van der Waals surface area contributed by atoms with E-state index in [-0.39, 0.29) is 5.41 Å². The van der Waals surface area contributed by atoms with Crippen LogP contribution in [-0.4, -0.2) is 6.29 Å². The van der Waals surface area contributed by atoms with Gasteiger partial charge in [0.1, 0.15) is 17.8 Å². The van der Waals surface area contributed by atoms with Crippen molar-refractivity contribution < 1.29 is 9.53 Å². The summed E-state index contributed by atoms with van der Waals surface area (Å²) in [5, 5.41) is 0. The first-order valence-electron chi connectivity index (χ1n) is 6.12. The maximum absolute atomic E-state index is 11.0. The molecule has 0 amide bonds. The van der Waals surface area contributed by atoms with Gasteiger partial charge in [-0.2, -0.15) is 0 Å². The van der Waals surface area contributed by atoms with Crippen molar-refractivity contribution in [2.75, 3.05) is 0 Å². The summed E-state index contributed by atoms with van der Waals surface area (Å²) in [6.07, 6.45) is 3.00. The fourth-order valence-corrected chi connectivity index (χ4v) is 2.09. The Morgan fingerprint density at radius 2 is 1.50 bits per heavy atom. The van der Waals surface area contributed by atoms with Crippen LogP contribution in [0.3, 0.4) is 0 Å². The molecular weight excluding hydrogens is 224 g/mol. The molecule has 2 heteroatoms. The third kappa shape index (κ3) is 2.02. The molecule has 0 N–H and O–H groups in total. The van der Waals surface area contributed by atoms with Crippen LogP contribution < -0.4 is 4.74 Å². The fraction of sp³-hybridized carbons (Fsp3) is 0.188. The summed E-state index contributed by atoms with van der Waals surface area (Å²) in [6, 6.07) is 17.5. The molecule has 3 rings (SSSR count). The van der Waals surface area contributed by atoms with Gasteiger partial charge in [-0.25, -0.2) is 0 Å². The highest BCUT2D eigenvalue weighted by Crippen LogP contribution is 2.46. The highest BCUT2D eigenvalue weighted by molar-refractivity contribution is 5.73. The van der Waals surface area contributed by atoms with Gasteiger partial charge < -0.3 is 9.53 Å². The Balaban J connectivity index is 1.78. The molecule has 0 saturated heterocycles. The van der Waals surface area contributed by atoms with Crippen molar-refractivity contribution in [3.05, 3.63) is 60.2 Å². The van der Waals surface area contributed by atoms with Gasteiger partial charge in [0.05, 0.1) is 5.41 Å². The van der Waals surface area contributed by atoms with E-state index in [1.54, 1.807) is 0 Å². The van der Waals surface area contributed by atoms with Crippen molar-refractivity contribution in [1.29, 1.82) is 0 Å². The van der Waals surface area contributed by atoms with Crippen LogP contribution in [0.5, 0.6) is 11.5 Å². The van der Waals surface area contributed by atoms with E-state index in [2.05, 4.69) is 0 Å². The first-order valence-corrected chi connectivity index (χ1v) is 6.12. The first-order chi connectivity index (χ1) is 8.82. The number of carbonyl (C=O) groups excluding carboxylic acids is 1. The molecule has 2 aromatic rings. The fourth-order valence-electron chi connectivity index (χ4n) is 2.09. The van der Waals surface area contributed by atoms with Gasteiger partial charge in [-0.3, -0.25) is 0 Å². The summed E-state index contributed by atoms with van der Waals surface area (Å²) in [6.45, 7) is 0. The van der Waals surface area contributed by atoms with E-state index in [0.29, 0.717) is 0 Å². The summed E-state index contributed by atoms with van der Waals surface area (Å²) < 4.78 is 5.71. The summed E-state index contributed by atoms with van der Waals surface area (Å²) >= 11 is 0. The van der Waals surface area contributed by atoms with Crippen molar-refractivity contribution in [2.45, 2.75) is 18.3 Å². The highest BCUT2D eigenvalue weighted by Gasteiger charge is 2.44. The summed E-state index contributed by atoms with van der Waals surface area (Å²) in [5.74, 6) is 1.62. The largest absolute Gasteiger partial charge is 0.457 e. The lowest BCUT2D eigenvalue weighted by atomic mass is 9.98. The van der Waals surface area contributed by atoms with Crippen molar-refractivity contribution in [3.8, 4) is 11.5 Å². The molecule has 0 bridgehead atoms. The lowest BCUT2D eigenvalue weighted by molar-refractivity contribution is -0.109. The van der Waals surface area contributed by atoms with Crippen LogP contribution in [0.15, 0.2) is 54.6 Å². The molecule has 0 unspecified atom stereocenters. The third-order valence-electron chi connectivity index (χ3n) is 3.42. The van der Waals surface area contributed by atoms with Crippen LogP contribution >= 0.6 is 0 Å². The average molecular weight is 238 g/mol. The average Bonchev–Trinajstić information content (AvgIpc) is 3.22. The van der Waals surface area contributed by atoms with Crippen molar-refractivity contribution >= 4 is 6.29 Å². The van der Waals surface area contributed by atoms with E-state index in [4.69, 9.17) is 4.74 Å². The minimum absolute atomic E-state index is 0.203. The van der Waals surface area contributed by atoms with E-state index < -0.39 is 0 Å². The predicted octanol–water partition coefficient (Wildman–Crippen LogP) is 3.71. The molecular formula is C16H14O2. The molecule has 0 aliphatic heterocycles. The molecule has 1 fully saturated rings. The van der Waals surface area contributed by atoms with Crippen molar-refractivity contribution in [2.24, 2.45) is 0 Å². The molecule has 0 radical (unpaired) electrons. The van der Waals surface area contributed by atoms with Crippen LogP contribution in [0.2, 0.25) is 0 Å². The second-order valence-corrected chi connectivity index (χ2v) is 4.71. The number of hydrogen-bond donors (Lipinski definition) is 0. The van der Waals surface area contributed by atoms with Gasteiger partial charge in [0.15, 0.2) is 0 Å². The molecule has 1 saturated carbocycles. The smallest absolute Gasteiger partial charge is 0.130 e. The maximum atomic E-state index is 11.0. The highest BCUT2D eigenvalue weighted by atomic mass is 16.5. The van der Waals surface area contributed by atoms with Gasteiger partial charge in [-0.1, -0.05) is 30.3 Å². The van der Waals surface area contributed by atoms with Crippen LogP contribution in [0.25, 0.3) is 0 Å². The number of benzene rings is 2. The third-order valence-corrected chi connectivity index (χ3v) is 3.42. The van der Waals surface area contributed by atoms with Gasteiger partial charge in [0.25, 0.3) is 0 Å². The standard InChI is InChI=1S/C16H14O2/c17-12-16(10-11-16)13-6-8-15(9-7-13)18-14-4-2-1-3-5-14/h1-9,12H,10-11H2. The molecule has 1 aliphatic carbocycles. The van der Waals surface area contributed by atoms with Gasteiger partial charge in [0.2, 0.25) is 0 Å². The SMILES string of the molecule is O=CC1(c2ccc(Oc3ccccc3)cc2)CC1. The number of carbonyl (C=O) groups is 1. The topological polar surface area (TPSA) is 26.3 Å². The molecule has 2 nitrogen and oxygen atoms in total. The molecule has 0 heterocycles. The Labute approximate surface area is 106 Å². The van der Waals surface area contributed by atoms with Crippen molar-refractivity contribution in [1.82, 2.24) is 0 Å². The Bertz CT molecular complexity index is 539. The Kier molecular flexibility index (Phi) is 2.63. The zero-order chi connectivity index (χ0) is 12.4. The summed E-state index contributed by atoms with van der Waals surface area (Å²) in [7, 11) is 0. The predicted molar refractivity (Wildman–Crippen MR) is 69.9 cm³/mol. The summed E-state index contributed by atoms with van der Waals surface area (Å²) in [4.78, 5) is 11.0. The van der Waals surface area contributed by atoms with E-state index in [0.717, 1.165) is 36.2 Å². The van der Waals surface area contributed by atoms with E-state index >= 15 is 0 Å². The van der Waals surface area contributed by atoms with Gasteiger partial charge in [-0.15, -0.1) is 0 Å². The van der Waals surface area contributed by atoms with Gasteiger partial charge in [0, 0.05) is 0 Å². The number of aldehydes is 1. The van der Waals surface area contributed by atoms with Gasteiger partial charge >= 0.3 is 0 Å². The lowest BCUT2D eigenvalue weighted by Crippen LogP contribution is -2.07. The monoisotopic (exact) mass is 238 g/mol. The number of ether oxygens (including phenoxy) is 1. The zero-order valence-corrected chi connectivity index (χ0v) is 10.0. The zero-order valence-electron chi connectivity index (χ0n) is 10.0. The molecule has 0 spiro atoms. The quantitative estimate of drug-likeness (QED) is 0.759. The maximum Gasteiger partial charge on any atom is 0.130 e. The number of rotatable bonds is 4. The second kappa shape index (κ2) is 4.30. The molecule has 2 aromatic carbocycles. The minimum atomic E-state index is -0.203. The molecule has 90 valence electrons. The Hall–Kier alpha value is -2.09. The number of hydrogen-bond acceptors (Lipinski definition) is 2. The lowest BCUT2D eigenvalue weighted by Gasteiger charge is -2.09. The van der Waals surface area contributed by atoms with Crippen LogP contribution in [-0.2, 0) is 10.2 Å². The van der Waals surface area contributed by atoms with Crippen LogP contribution in [0.4, 0.5) is 0 Å². The van der Waals surface area contributed by atoms with E-state index in [1.807, 2.05) is 54.6 Å².